The molecule has 5 rings (SSSR count). The highest BCUT2D eigenvalue weighted by Crippen LogP contribution is 2.39. The SMILES string of the molecule is Cc1cn2cc(-c3[nH]c4ccc(C5CCNCC5)cc4c3C(C)C)c(C)cc2n1. The maximum absolute atomic E-state index is 4.62. The van der Waals surface area contributed by atoms with E-state index in [-0.39, 0.29) is 0 Å². The Morgan fingerprint density at radius 2 is 1.86 bits per heavy atom. The lowest BCUT2D eigenvalue weighted by molar-refractivity contribution is 0.460. The molecule has 1 saturated heterocycles. The molecule has 1 aromatic carbocycles. The Labute approximate surface area is 172 Å². The molecule has 0 spiro atoms. The molecule has 0 radical (unpaired) electrons. The first-order valence-electron chi connectivity index (χ1n) is 10.8. The van der Waals surface area contributed by atoms with Crippen LogP contribution in [-0.4, -0.2) is 27.5 Å². The summed E-state index contributed by atoms with van der Waals surface area (Å²) < 4.78 is 2.15. The molecular formula is C25H30N4. The lowest BCUT2D eigenvalue weighted by Gasteiger charge is -2.23. The van der Waals surface area contributed by atoms with Crippen molar-refractivity contribution < 1.29 is 0 Å². The molecule has 0 aliphatic carbocycles. The molecule has 0 amide bonds. The number of hydrogen-bond acceptors (Lipinski definition) is 2. The Kier molecular flexibility index (Phi) is 4.47. The Morgan fingerprint density at radius 3 is 2.62 bits per heavy atom. The average molecular weight is 387 g/mol. The molecule has 0 unspecified atom stereocenters. The van der Waals surface area contributed by atoms with Crippen LogP contribution in [0.2, 0.25) is 0 Å². The van der Waals surface area contributed by atoms with Gasteiger partial charge in [-0.25, -0.2) is 4.98 Å². The molecule has 4 nitrogen and oxygen atoms in total. The third-order valence-electron chi connectivity index (χ3n) is 6.44. The van der Waals surface area contributed by atoms with Gasteiger partial charge in [0, 0.05) is 28.9 Å². The highest BCUT2D eigenvalue weighted by molar-refractivity contribution is 5.92. The predicted octanol–water partition coefficient (Wildman–Crippen LogP) is 5.69. The van der Waals surface area contributed by atoms with Crippen LogP contribution >= 0.6 is 0 Å². The molecule has 4 aromatic rings. The van der Waals surface area contributed by atoms with E-state index in [9.17, 15) is 0 Å². The second kappa shape index (κ2) is 7.03. The van der Waals surface area contributed by atoms with Gasteiger partial charge >= 0.3 is 0 Å². The molecule has 4 heteroatoms. The summed E-state index contributed by atoms with van der Waals surface area (Å²) in [6.45, 7) is 11.1. The second-order valence-electron chi connectivity index (χ2n) is 8.92. The third kappa shape index (κ3) is 3.16. The summed E-state index contributed by atoms with van der Waals surface area (Å²) in [5.41, 5.74) is 9.99. The van der Waals surface area contributed by atoms with Gasteiger partial charge in [-0.15, -0.1) is 0 Å². The van der Waals surface area contributed by atoms with E-state index in [1.165, 1.54) is 51.7 Å². The smallest absolute Gasteiger partial charge is 0.137 e. The van der Waals surface area contributed by atoms with Gasteiger partial charge in [-0.2, -0.15) is 0 Å². The monoisotopic (exact) mass is 386 g/mol. The van der Waals surface area contributed by atoms with E-state index in [1.54, 1.807) is 0 Å². The number of nitrogens with zero attached hydrogens (tertiary/aromatic N) is 2. The van der Waals surface area contributed by atoms with Crippen molar-refractivity contribution in [1.82, 2.24) is 19.7 Å². The molecule has 150 valence electrons. The summed E-state index contributed by atoms with van der Waals surface area (Å²) in [4.78, 5) is 8.38. The van der Waals surface area contributed by atoms with Gasteiger partial charge in [0.1, 0.15) is 5.65 Å². The van der Waals surface area contributed by atoms with Crippen LogP contribution in [0.1, 0.15) is 60.9 Å². The topological polar surface area (TPSA) is 45.1 Å². The summed E-state index contributed by atoms with van der Waals surface area (Å²) in [5, 5.41) is 4.87. The maximum atomic E-state index is 4.62. The van der Waals surface area contributed by atoms with Gasteiger partial charge in [0.25, 0.3) is 0 Å². The van der Waals surface area contributed by atoms with E-state index in [0.29, 0.717) is 11.8 Å². The number of hydrogen-bond donors (Lipinski definition) is 2. The van der Waals surface area contributed by atoms with Gasteiger partial charge in [-0.3, -0.25) is 0 Å². The lowest BCUT2D eigenvalue weighted by atomic mass is 9.88. The first-order chi connectivity index (χ1) is 14.0. The normalized spacial score (nSPS) is 15.8. The van der Waals surface area contributed by atoms with E-state index in [1.807, 2.05) is 6.92 Å². The van der Waals surface area contributed by atoms with Crippen molar-refractivity contribution in [2.75, 3.05) is 13.1 Å². The minimum Gasteiger partial charge on any atom is -0.354 e. The van der Waals surface area contributed by atoms with Crippen LogP contribution in [-0.2, 0) is 0 Å². The molecule has 4 heterocycles. The number of aryl methyl sites for hydroxylation is 2. The zero-order valence-electron chi connectivity index (χ0n) is 17.8. The van der Waals surface area contributed by atoms with E-state index in [2.05, 4.69) is 77.1 Å². The number of aromatic amines is 1. The van der Waals surface area contributed by atoms with E-state index in [0.717, 1.165) is 24.4 Å². The van der Waals surface area contributed by atoms with Crippen molar-refractivity contribution in [3.05, 3.63) is 59.0 Å². The summed E-state index contributed by atoms with van der Waals surface area (Å²) in [5.74, 6) is 1.12. The van der Waals surface area contributed by atoms with E-state index >= 15 is 0 Å². The van der Waals surface area contributed by atoms with Gasteiger partial charge in [0.05, 0.1) is 11.4 Å². The van der Waals surface area contributed by atoms with Gasteiger partial charge in [-0.05, 0) is 86.5 Å². The molecule has 0 atom stereocenters. The first-order valence-corrected chi connectivity index (χ1v) is 10.8. The molecule has 1 aliphatic heterocycles. The minimum absolute atomic E-state index is 0.446. The van der Waals surface area contributed by atoms with E-state index in [4.69, 9.17) is 0 Å². The summed E-state index contributed by atoms with van der Waals surface area (Å²) >= 11 is 0. The number of benzene rings is 1. The zero-order valence-corrected chi connectivity index (χ0v) is 17.8. The quantitative estimate of drug-likeness (QED) is 0.475. The maximum Gasteiger partial charge on any atom is 0.137 e. The number of aromatic nitrogens is 3. The largest absolute Gasteiger partial charge is 0.354 e. The van der Waals surface area contributed by atoms with E-state index < -0.39 is 0 Å². The highest BCUT2D eigenvalue weighted by Gasteiger charge is 2.21. The lowest BCUT2D eigenvalue weighted by Crippen LogP contribution is -2.26. The zero-order chi connectivity index (χ0) is 20.1. The van der Waals surface area contributed by atoms with Crippen molar-refractivity contribution in [2.24, 2.45) is 0 Å². The molecule has 3 aromatic heterocycles. The van der Waals surface area contributed by atoms with Crippen LogP contribution in [0.3, 0.4) is 0 Å². The number of pyridine rings is 1. The number of H-pyrrole nitrogens is 1. The molecular weight excluding hydrogens is 356 g/mol. The minimum atomic E-state index is 0.446. The third-order valence-corrected chi connectivity index (χ3v) is 6.44. The van der Waals surface area contributed by atoms with Crippen molar-refractivity contribution in [3.63, 3.8) is 0 Å². The Balaban J connectivity index is 1.69. The molecule has 1 fully saturated rings. The standard InChI is InChI=1S/C25H30N4/c1-15(2)24-20-12-19(18-7-9-26-10-8-18)5-6-22(20)28-25(24)21-14-29-13-17(4)27-23(29)11-16(21)3/h5-6,11-15,18,26,28H,7-10H2,1-4H3. The van der Waals surface area contributed by atoms with Gasteiger partial charge < -0.3 is 14.7 Å². The number of rotatable bonds is 3. The molecule has 0 saturated carbocycles. The average Bonchev–Trinajstić information content (AvgIpc) is 3.26. The first kappa shape index (κ1) is 18.4. The van der Waals surface area contributed by atoms with Crippen molar-refractivity contribution >= 4 is 16.6 Å². The van der Waals surface area contributed by atoms with Crippen LogP contribution in [0.5, 0.6) is 0 Å². The summed E-state index contributed by atoms with van der Waals surface area (Å²) in [6.07, 6.45) is 6.80. The van der Waals surface area contributed by atoms with Crippen LogP contribution in [0, 0.1) is 13.8 Å². The second-order valence-corrected chi connectivity index (χ2v) is 8.92. The van der Waals surface area contributed by atoms with Crippen molar-refractivity contribution in [3.8, 4) is 11.3 Å². The fraction of sp³-hybridized carbons (Fsp3) is 0.400. The molecule has 1 aliphatic rings. The molecule has 29 heavy (non-hydrogen) atoms. The molecule has 2 N–H and O–H groups in total. The fourth-order valence-electron chi connectivity index (χ4n) is 4.97. The Morgan fingerprint density at radius 1 is 1.07 bits per heavy atom. The number of imidazole rings is 1. The molecule has 0 bridgehead atoms. The van der Waals surface area contributed by atoms with Crippen LogP contribution < -0.4 is 5.32 Å². The Bertz CT molecular complexity index is 1190. The fourth-order valence-corrected chi connectivity index (χ4v) is 4.97. The summed E-state index contributed by atoms with van der Waals surface area (Å²) in [6, 6.07) is 9.27. The van der Waals surface area contributed by atoms with Crippen LogP contribution in [0.25, 0.3) is 27.8 Å². The van der Waals surface area contributed by atoms with Crippen LogP contribution in [0.4, 0.5) is 0 Å². The van der Waals surface area contributed by atoms with Crippen molar-refractivity contribution in [1.29, 1.82) is 0 Å². The van der Waals surface area contributed by atoms with Crippen molar-refractivity contribution in [2.45, 2.75) is 52.4 Å². The number of piperidine rings is 1. The Hall–Kier alpha value is -2.59. The number of fused-ring (bicyclic) bond motifs is 2. The predicted molar refractivity (Wildman–Crippen MR) is 121 cm³/mol. The van der Waals surface area contributed by atoms with Gasteiger partial charge in [0.2, 0.25) is 0 Å². The summed E-state index contributed by atoms with van der Waals surface area (Å²) in [7, 11) is 0. The number of nitrogens with one attached hydrogen (secondary N) is 2. The van der Waals surface area contributed by atoms with Gasteiger partial charge in [-0.1, -0.05) is 19.9 Å². The highest BCUT2D eigenvalue weighted by atomic mass is 15.0. The van der Waals surface area contributed by atoms with Gasteiger partial charge in [0.15, 0.2) is 0 Å². The van der Waals surface area contributed by atoms with Crippen LogP contribution in [0.15, 0.2) is 36.7 Å².